The smallest absolute Gasteiger partial charge is 0.116 e. The molecule has 0 saturated heterocycles. The van der Waals surface area contributed by atoms with Gasteiger partial charge in [0.1, 0.15) is 5.69 Å². The summed E-state index contributed by atoms with van der Waals surface area (Å²) in [6.07, 6.45) is 5.13. The summed E-state index contributed by atoms with van der Waals surface area (Å²) in [6.45, 7) is 0. The van der Waals surface area contributed by atoms with Crippen molar-refractivity contribution in [2.24, 2.45) is 0 Å². The molecule has 3 rings (SSSR count). The number of aromatic nitrogens is 1. The Morgan fingerprint density at radius 2 is 1.71 bits per heavy atom. The maximum atomic E-state index is 4.36. The summed E-state index contributed by atoms with van der Waals surface area (Å²) in [4.78, 5) is 4.36. The summed E-state index contributed by atoms with van der Waals surface area (Å²) >= 11 is 0. The molecule has 1 nitrogen and oxygen atoms in total. The SMILES string of the molecule is C1#Cc2ncccc2CCCc2ccccc21. The molecule has 0 fully saturated rings. The van der Waals surface area contributed by atoms with E-state index in [0.717, 1.165) is 30.5 Å². The van der Waals surface area contributed by atoms with E-state index in [0.29, 0.717) is 0 Å². The van der Waals surface area contributed by atoms with E-state index < -0.39 is 0 Å². The summed E-state index contributed by atoms with van der Waals surface area (Å²) in [5.41, 5.74) is 4.70. The Bertz CT molecular complexity index is 551. The van der Waals surface area contributed by atoms with Gasteiger partial charge in [0.2, 0.25) is 0 Å². The molecule has 0 spiro atoms. The zero-order valence-electron chi connectivity index (χ0n) is 9.61. The van der Waals surface area contributed by atoms with Gasteiger partial charge in [0.25, 0.3) is 0 Å². The van der Waals surface area contributed by atoms with E-state index in [4.69, 9.17) is 0 Å². The summed E-state index contributed by atoms with van der Waals surface area (Å²) in [7, 11) is 0. The number of nitrogens with zero attached hydrogens (tertiary/aromatic N) is 1. The first-order chi connectivity index (χ1) is 8.43. The van der Waals surface area contributed by atoms with E-state index in [1.165, 1.54) is 11.1 Å². The molecular weight excluding hydrogens is 206 g/mol. The highest BCUT2D eigenvalue weighted by atomic mass is 14.7. The van der Waals surface area contributed by atoms with Gasteiger partial charge in [-0.1, -0.05) is 30.2 Å². The van der Waals surface area contributed by atoms with Crippen LogP contribution >= 0.6 is 0 Å². The van der Waals surface area contributed by atoms with E-state index in [2.05, 4.69) is 41.1 Å². The first-order valence-electron chi connectivity index (χ1n) is 5.97. The lowest BCUT2D eigenvalue weighted by Crippen LogP contribution is -1.94. The second-order valence-electron chi connectivity index (χ2n) is 4.27. The zero-order chi connectivity index (χ0) is 11.5. The molecule has 1 aromatic carbocycles. The van der Waals surface area contributed by atoms with E-state index in [1.807, 2.05) is 18.3 Å². The molecule has 1 heteroatoms. The first kappa shape index (κ1) is 10.1. The van der Waals surface area contributed by atoms with Gasteiger partial charge < -0.3 is 0 Å². The highest BCUT2D eigenvalue weighted by molar-refractivity contribution is 5.47. The van der Waals surface area contributed by atoms with Crippen molar-refractivity contribution in [3.8, 4) is 11.8 Å². The third kappa shape index (κ3) is 2.07. The van der Waals surface area contributed by atoms with Crippen molar-refractivity contribution in [3.05, 3.63) is 65.0 Å². The Hall–Kier alpha value is -2.07. The van der Waals surface area contributed by atoms with Crippen LogP contribution in [0.3, 0.4) is 0 Å². The maximum Gasteiger partial charge on any atom is 0.116 e. The molecule has 0 aliphatic heterocycles. The van der Waals surface area contributed by atoms with Crippen LogP contribution in [0.5, 0.6) is 0 Å². The van der Waals surface area contributed by atoms with Gasteiger partial charge in [0.15, 0.2) is 0 Å². The van der Waals surface area contributed by atoms with E-state index in [-0.39, 0.29) is 0 Å². The minimum Gasteiger partial charge on any atom is -0.247 e. The second-order valence-corrected chi connectivity index (χ2v) is 4.27. The van der Waals surface area contributed by atoms with Crippen LogP contribution in [-0.2, 0) is 12.8 Å². The van der Waals surface area contributed by atoms with E-state index >= 15 is 0 Å². The highest BCUT2D eigenvalue weighted by Crippen LogP contribution is 2.15. The van der Waals surface area contributed by atoms with E-state index in [1.54, 1.807) is 0 Å². The third-order valence-electron chi connectivity index (χ3n) is 3.12. The van der Waals surface area contributed by atoms with Crippen LogP contribution in [0.1, 0.15) is 28.8 Å². The Morgan fingerprint density at radius 1 is 0.882 bits per heavy atom. The monoisotopic (exact) mass is 219 g/mol. The Balaban J connectivity index is 2.11. The predicted molar refractivity (Wildman–Crippen MR) is 68.7 cm³/mol. The summed E-state index contributed by atoms with van der Waals surface area (Å²) in [6, 6.07) is 12.5. The van der Waals surface area contributed by atoms with Gasteiger partial charge in [-0.3, -0.25) is 0 Å². The highest BCUT2D eigenvalue weighted by Gasteiger charge is 2.05. The van der Waals surface area contributed by atoms with Gasteiger partial charge in [-0.15, -0.1) is 0 Å². The lowest BCUT2D eigenvalue weighted by molar-refractivity contribution is 0.815. The predicted octanol–water partition coefficient (Wildman–Crippen LogP) is 2.97. The second kappa shape index (κ2) is 4.43. The molecule has 0 radical (unpaired) electrons. The molecule has 82 valence electrons. The molecule has 0 saturated carbocycles. The average Bonchev–Trinajstić information content (AvgIpc) is 2.47. The standard InChI is InChI=1S/C16H13N/c1-2-6-14-10-11-16-15(9-4-12-17-16)8-3-7-13(14)5-1/h1-2,4-6,9,12H,3,7-8H2. The number of pyridine rings is 1. The molecule has 17 heavy (non-hydrogen) atoms. The number of hydrogen-bond donors (Lipinski definition) is 0. The Morgan fingerprint density at radius 3 is 2.71 bits per heavy atom. The molecule has 0 N–H and O–H groups in total. The number of fused-ring (bicyclic) bond motifs is 2. The molecule has 2 aromatic rings. The van der Waals surface area contributed by atoms with Crippen LogP contribution in [0.2, 0.25) is 0 Å². The van der Waals surface area contributed by atoms with Crippen LogP contribution < -0.4 is 0 Å². The maximum absolute atomic E-state index is 4.36. The lowest BCUT2D eigenvalue weighted by atomic mass is 10.0. The largest absolute Gasteiger partial charge is 0.247 e. The summed E-state index contributed by atoms with van der Waals surface area (Å²) in [5.74, 6) is 6.45. The fourth-order valence-electron chi connectivity index (χ4n) is 2.21. The normalized spacial score (nSPS) is 13.2. The number of rotatable bonds is 0. The minimum absolute atomic E-state index is 0.934. The lowest BCUT2D eigenvalue weighted by Gasteiger charge is -2.03. The van der Waals surface area contributed by atoms with Crippen LogP contribution in [0.15, 0.2) is 42.6 Å². The third-order valence-corrected chi connectivity index (χ3v) is 3.12. The molecule has 1 aromatic heterocycles. The van der Waals surface area contributed by atoms with Gasteiger partial charge >= 0.3 is 0 Å². The van der Waals surface area contributed by atoms with Crippen molar-refractivity contribution >= 4 is 0 Å². The Kier molecular flexibility index (Phi) is 2.63. The van der Waals surface area contributed by atoms with Crippen molar-refractivity contribution < 1.29 is 0 Å². The van der Waals surface area contributed by atoms with Crippen LogP contribution in [-0.4, -0.2) is 4.98 Å². The van der Waals surface area contributed by atoms with Gasteiger partial charge in [-0.25, -0.2) is 4.98 Å². The zero-order valence-corrected chi connectivity index (χ0v) is 9.61. The fourth-order valence-corrected chi connectivity index (χ4v) is 2.21. The average molecular weight is 219 g/mol. The van der Waals surface area contributed by atoms with Gasteiger partial charge in [0, 0.05) is 11.8 Å². The van der Waals surface area contributed by atoms with Gasteiger partial charge in [-0.05, 0) is 48.4 Å². The Labute approximate surface area is 102 Å². The van der Waals surface area contributed by atoms with Crippen molar-refractivity contribution in [1.29, 1.82) is 0 Å². The molecule has 1 heterocycles. The van der Waals surface area contributed by atoms with Gasteiger partial charge in [-0.2, -0.15) is 0 Å². The molecule has 1 aliphatic carbocycles. The van der Waals surface area contributed by atoms with Crippen LogP contribution in [0.25, 0.3) is 0 Å². The van der Waals surface area contributed by atoms with Crippen molar-refractivity contribution in [3.63, 3.8) is 0 Å². The van der Waals surface area contributed by atoms with E-state index in [9.17, 15) is 0 Å². The molecule has 0 unspecified atom stereocenters. The number of hydrogen-bond acceptors (Lipinski definition) is 1. The summed E-state index contributed by atoms with van der Waals surface area (Å²) < 4.78 is 0. The molecule has 0 bridgehead atoms. The number of benzene rings is 1. The molecule has 0 amide bonds. The van der Waals surface area contributed by atoms with Crippen LogP contribution in [0.4, 0.5) is 0 Å². The molecular formula is C16H13N. The fraction of sp³-hybridized carbons (Fsp3) is 0.188. The topological polar surface area (TPSA) is 12.9 Å². The summed E-state index contributed by atoms with van der Waals surface area (Å²) in [5, 5.41) is 0. The van der Waals surface area contributed by atoms with Crippen molar-refractivity contribution in [2.75, 3.05) is 0 Å². The minimum atomic E-state index is 0.934. The first-order valence-corrected chi connectivity index (χ1v) is 5.97. The van der Waals surface area contributed by atoms with Crippen LogP contribution in [0, 0.1) is 11.8 Å². The molecule has 0 atom stereocenters. The molecule has 1 aliphatic rings. The van der Waals surface area contributed by atoms with Crippen molar-refractivity contribution in [1.82, 2.24) is 4.98 Å². The van der Waals surface area contributed by atoms with Crippen molar-refractivity contribution in [2.45, 2.75) is 19.3 Å². The number of aryl methyl sites for hydroxylation is 2. The van der Waals surface area contributed by atoms with Gasteiger partial charge in [0.05, 0.1) is 0 Å². The quantitative estimate of drug-likeness (QED) is 0.621.